The Bertz CT molecular complexity index is 710. The zero-order chi connectivity index (χ0) is 21.4. The summed E-state index contributed by atoms with van der Waals surface area (Å²) in [6, 6.07) is 7.81. The number of carbonyl (C=O) groups excluding carboxylic acids is 3. The second-order valence-corrected chi connectivity index (χ2v) is 8.66. The first-order valence-electron chi connectivity index (χ1n) is 10.3. The van der Waals surface area contributed by atoms with E-state index in [1.807, 2.05) is 45.0 Å². The van der Waals surface area contributed by atoms with Crippen molar-refractivity contribution in [3.8, 4) is 0 Å². The fourth-order valence-electron chi connectivity index (χ4n) is 3.19. The molecule has 1 aromatic carbocycles. The molecule has 7 nitrogen and oxygen atoms in total. The molecule has 0 saturated carbocycles. The van der Waals surface area contributed by atoms with E-state index in [2.05, 4.69) is 22.9 Å². The van der Waals surface area contributed by atoms with Crippen LogP contribution in [-0.4, -0.2) is 36.6 Å². The number of hydrogen-bond acceptors (Lipinski definition) is 5. The topological polar surface area (TPSA) is 96.5 Å². The van der Waals surface area contributed by atoms with Gasteiger partial charge in [0.15, 0.2) is 0 Å². The van der Waals surface area contributed by atoms with Crippen molar-refractivity contribution in [1.29, 1.82) is 0 Å². The molecule has 7 heteroatoms. The van der Waals surface area contributed by atoms with Crippen molar-refractivity contribution in [2.75, 3.05) is 18.4 Å². The number of carbonyl (C=O) groups is 3. The second kappa shape index (κ2) is 10.3. The molecule has 1 saturated heterocycles. The maximum absolute atomic E-state index is 12.0. The number of anilines is 1. The van der Waals surface area contributed by atoms with Crippen LogP contribution in [0.1, 0.15) is 64.9 Å². The molecule has 0 radical (unpaired) electrons. The van der Waals surface area contributed by atoms with Crippen LogP contribution in [0.4, 0.5) is 10.5 Å². The summed E-state index contributed by atoms with van der Waals surface area (Å²) < 4.78 is 5.22. The molecular weight excluding hydrogens is 370 g/mol. The summed E-state index contributed by atoms with van der Waals surface area (Å²) in [6.45, 7) is 9.11. The average molecular weight is 404 g/mol. The van der Waals surface area contributed by atoms with E-state index in [0.717, 1.165) is 30.6 Å². The smallest absolute Gasteiger partial charge is 0.407 e. The second-order valence-electron chi connectivity index (χ2n) is 8.66. The lowest BCUT2D eigenvalue weighted by atomic mass is 9.90. The quantitative estimate of drug-likeness (QED) is 0.577. The van der Waals surface area contributed by atoms with Crippen molar-refractivity contribution in [1.82, 2.24) is 10.6 Å². The van der Waals surface area contributed by atoms with Gasteiger partial charge in [-0.2, -0.15) is 0 Å². The number of alkyl carbamates (subject to hydrolysis) is 1. The van der Waals surface area contributed by atoms with Crippen LogP contribution < -0.4 is 16.0 Å². The number of hydrogen-bond donors (Lipinski definition) is 3. The summed E-state index contributed by atoms with van der Waals surface area (Å²) in [5.41, 5.74) is 1.45. The first-order chi connectivity index (χ1) is 13.6. The van der Waals surface area contributed by atoms with Gasteiger partial charge in [0.05, 0.1) is 5.92 Å². The van der Waals surface area contributed by atoms with Crippen molar-refractivity contribution in [3.63, 3.8) is 0 Å². The summed E-state index contributed by atoms with van der Waals surface area (Å²) in [7, 11) is 0. The molecule has 1 aliphatic heterocycles. The summed E-state index contributed by atoms with van der Waals surface area (Å²) in [5, 5.41) is 8.57. The number of rotatable bonds is 8. The Kier molecular flexibility index (Phi) is 8.05. The van der Waals surface area contributed by atoms with Gasteiger partial charge in [-0.15, -0.1) is 0 Å². The van der Waals surface area contributed by atoms with Crippen LogP contribution in [-0.2, 0) is 14.3 Å². The van der Waals surface area contributed by atoms with Gasteiger partial charge in [-0.05, 0) is 63.6 Å². The SMILES string of the molecule is C[C@@H](CCNC(=O)OC(C)(C)C)CCNc1ccc(C2CCC(=O)NC2=O)cc1. The average Bonchev–Trinajstić information content (AvgIpc) is 2.61. The van der Waals surface area contributed by atoms with E-state index >= 15 is 0 Å². The monoisotopic (exact) mass is 403 g/mol. The highest BCUT2D eigenvalue weighted by Gasteiger charge is 2.27. The van der Waals surface area contributed by atoms with Crippen LogP contribution in [0.5, 0.6) is 0 Å². The van der Waals surface area contributed by atoms with Gasteiger partial charge in [-0.1, -0.05) is 19.1 Å². The summed E-state index contributed by atoms with van der Waals surface area (Å²) in [6.07, 6.45) is 2.43. The van der Waals surface area contributed by atoms with Crippen LogP contribution in [0.25, 0.3) is 0 Å². The lowest BCUT2D eigenvalue weighted by molar-refractivity contribution is -0.134. The zero-order valence-electron chi connectivity index (χ0n) is 17.8. The van der Waals surface area contributed by atoms with Crippen LogP contribution in [0.2, 0.25) is 0 Å². The third-order valence-electron chi connectivity index (χ3n) is 4.82. The predicted molar refractivity (Wildman–Crippen MR) is 113 cm³/mol. The van der Waals surface area contributed by atoms with Gasteiger partial charge >= 0.3 is 6.09 Å². The Balaban J connectivity index is 1.66. The summed E-state index contributed by atoms with van der Waals surface area (Å²) in [4.78, 5) is 34.8. The Morgan fingerprint density at radius 1 is 1.17 bits per heavy atom. The van der Waals surface area contributed by atoms with Crippen LogP contribution in [0.15, 0.2) is 24.3 Å². The zero-order valence-corrected chi connectivity index (χ0v) is 17.8. The van der Waals surface area contributed by atoms with Crippen molar-refractivity contribution in [2.45, 2.75) is 64.9 Å². The lowest BCUT2D eigenvalue weighted by Gasteiger charge is -2.21. The normalized spacial score (nSPS) is 18.0. The molecule has 2 atom stereocenters. The fourth-order valence-corrected chi connectivity index (χ4v) is 3.19. The Morgan fingerprint density at radius 3 is 2.45 bits per heavy atom. The Morgan fingerprint density at radius 2 is 1.83 bits per heavy atom. The highest BCUT2D eigenvalue weighted by molar-refractivity contribution is 6.00. The molecule has 29 heavy (non-hydrogen) atoms. The van der Waals surface area contributed by atoms with Crippen LogP contribution >= 0.6 is 0 Å². The molecule has 1 unspecified atom stereocenters. The number of amides is 3. The molecule has 3 amide bonds. The fraction of sp³-hybridized carbons (Fsp3) is 0.591. The van der Waals surface area contributed by atoms with Crippen LogP contribution in [0, 0.1) is 5.92 Å². The van der Waals surface area contributed by atoms with E-state index in [0.29, 0.717) is 25.3 Å². The Hall–Kier alpha value is -2.57. The molecule has 2 rings (SSSR count). The summed E-state index contributed by atoms with van der Waals surface area (Å²) >= 11 is 0. The van der Waals surface area contributed by atoms with Crippen molar-refractivity contribution in [3.05, 3.63) is 29.8 Å². The van der Waals surface area contributed by atoms with Gasteiger partial charge in [0.25, 0.3) is 0 Å². The molecule has 0 spiro atoms. The van der Waals surface area contributed by atoms with Gasteiger partial charge in [0, 0.05) is 25.2 Å². The molecule has 0 aromatic heterocycles. The molecule has 0 aliphatic carbocycles. The van der Waals surface area contributed by atoms with E-state index < -0.39 is 5.60 Å². The van der Waals surface area contributed by atoms with Crippen molar-refractivity contribution >= 4 is 23.6 Å². The summed E-state index contributed by atoms with van der Waals surface area (Å²) in [5.74, 6) is -0.199. The van der Waals surface area contributed by atoms with Gasteiger partial charge in [-0.25, -0.2) is 4.79 Å². The van der Waals surface area contributed by atoms with Gasteiger partial charge in [-0.3, -0.25) is 14.9 Å². The van der Waals surface area contributed by atoms with Crippen molar-refractivity contribution in [2.24, 2.45) is 5.92 Å². The highest BCUT2D eigenvalue weighted by Crippen LogP contribution is 2.25. The van der Waals surface area contributed by atoms with E-state index in [9.17, 15) is 14.4 Å². The Labute approximate surface area is 173 Å². The lowest BCUT2D eigenvalue weighted by Crippen LogP contribution is -2.39. The third kappa shape index (κ3) is 8.13. The molecule has 0 bridgehead atoms. The van der Waals surface area contributed by atoms with E-state index in [-0.39, 0.29) is 23.8 Å². The van der Waals surface area contributed by atoms with E-state index in [4.69, 9.17) is 4.74 Å². The largest absolute Gasteiger partial charge is 0.444 e. The number of benzene rings is 1. The molecule has 1 aliphatic rings. The highest BCUT2D eigenvalue weighted by atomic mass is 16.6. The molecule has 160 valence electrons. The first kappa shape index (κ1) is 22.7. The number of ether oxygens (including phenoxy) is 1. The minimum atomic E-state index is -0.479. The van der Waals surface area contributed by atoms with Gasteiger partial charge in [0.1, 0.15) is 5.60 Å². The van der Waals surface area contributed by atoms with E-state index in [1.54, 1.807) is 0 Å². The minimum Gasteiger partial charge on any atom is -0.444 e. The molecular formula is C22H33N3O4. The maximum atomic E-state index is 12.0. The van der Waals surface area contributed by atoms with Gasteiger partial charge in [0.2, 0.25) is 11.8 Å². The minimum absolute atomic E-state index is 0.194. The molecule has 1 aromatic rings. The molecule has 1 fully saturated rings. The third-order valence-corrected chi connectivity index (χ3v) is 4.82. The standard InChI is InChI=1S/C22H33N3O4/c1-15(12-14-24-21(28)29-22(2,3)4)11-13-23-17-7-5-16(6-8-17)18-9-10-19(26)25-20(18)27/h5-8,15,18,23H,9-14H2,1-4H3,(H,24,28)(H,25,26,27)/t15-,18?/m1/s1. The van der Waals surface area contributed by atoms with Gasteiger partial charge < -0.3 is 15.4 Å². The van der Waals surface area contributed by atoms with Crippen LogP contribution in [0.3, 0.4) is 0 Å². The van der Waals surface area contributed by atoms with E-state index in [1.165, 1.54) is 0 Å². The number of imide groups is 1. The predicted octanol–water partition coefficient (Wildman–Crippen LogP) is 3.56. The maximum Gasteiger partial charge on any atom is 0.407 e. The molecule has 3 N–H and O–H groups in total. The first-order valence-corrected chi connectivity index (χ1v) is 10.3. The van der Waals surface area contributed by atoms with Crippen molar-refractivity contribution < 1.29 is 19.1 Å². The number of nitrogens with one attached hydrogen (secondary N) is 3. The number of piperidine rings is 1. The molecule has 1 heterocycles.